The molecule has 0 atom stereocenters. The quantitative estimate of drug-likeness (QED) is 0.225. The molecule has 0 aromatic heterocycles. The molecule has 0 saturated heterocycles. The smallest absolute Gasteiger partial charge is 0.209 e. The molecule has 0 spiro atoms. The molecule has 0 fully saturated rings. The van der Waals surface area contributed by atoms with E-state index in [1.807, 2.05) is 0 Å². The van der Waals surface area contributed by atoms with Crippen molar-refractivity contribution in [2.45, 2.75) is 97.3 Å². The molecule has 43 heavy (non-hydrogen) atoms. The van der Waals surface area contributed by atoms with Crippen LogP contribution in [0.25, 0.3) is 0 Å². The van der Waals surface area contributed by atoms with Crippen molar-refractivity contribution in [3.05, 3.63) is 106 Å². The Kier molecular flexibility index (Phi) is 8.70. The third-order valence-electron chi connectivity index (χ3n) is 9.71. The minimum Gasteiger partial charge on any atom is -0.550 e. The topological polar surface area (TPSA) is 46.4 Å². The van der Waals surface area contributed by atoms with Crippen LogP contribution in [-0.2, 0) is 15.6 Å². The molecule has 0 amide bonds. The molecule has 4 nitrogen and oxygen atoms in total. The number of anilines is 1. The highest BCUT2D eigenvalue weighted by atomic mass is 16.4. The number of carboxylic acids is 1. The summed E-state index contributed by atoms with van der Waals surface area (Å²) in [6, 6.07) is 13.6. The summed E-state index contributed by atoms with van der Waals surface area (Å²) in [4.78, 5) is 13.3. The van der Waals surface area contributed by atoms with Gasteiger partial charge in [0.25, 0.3) is 0 Å². The van der Waals surface area contributed by atoms with E-state index in [4.69, 9.17) is 0 Å². The maximum atomic E-state index is 10.9. The summed E-state index contributed by atoms with van der Waals surface area (Å²) in [6.07, 6.45) is 17.7. The van der Waals surface area contributed by atoms with Gasteiger partial charge in [-0.25, -0.2) is 0 Å². The molecule has 3 aliphatic rings. The number of rotatable bonds is 9. The number of nitrogens with zero attached hydrogens (tertiary/aromatic N) is 2. The Hall–Kier alpha value is -3.66. The second-order valence-electron chi connectivity index (χ2n) is 13.8. The van der Waals surface area contributed by atoms with Gasteiger partial charge in [-0.05, 0) is 101 Å². The number of allylic oxidation sites excluding steroid dienone is 8. The summed E-state index contributed by atoms with van der Waals surface area (Å²) in [6.45, 7) is 14.5. The predicted octanol–water partition coefficient (Wildman–Crippen LogP) is 7.89. The van der Waals surface area contributed by atoms with Gasteiger partial charge in [0, 0.05) is 47.0 Å². The Morgan fingerprint density at radius 1 is 0.907 bits per heavy atom. The number of fused-ring (bicyclic) bond motifs is 2. The van der Waals surface area contributed by atoms with Crippen LogP contribution < -0.4 is 10.0 Å². The first-order valence-corrected chi connectivity index (χ1v) is 16.0. The van der Waals surface area contributed by atoms with Crippen LogP contribution in [-0.4, -0.2) is 29.8 Å². The molecule has 0 unspecified atom stereocenters. The minimum absolute atomic E-state index is 0.0275. The fourth-order valence-corrected chi connectivity index (χ4v) is 7.21. The molecule has 0 radical (unpaired) electrons. The van der Waals surface area contributed by atoms with E-state index in [0.717, 1.165) is 38.6 Å². The summed E-state index contributed by atoms with van der Waals surface area (Å²) < 4.78 is 2.35. The van der Waals surface area contributed by atoms with E-state index in [9.17, 15) is 9.90 Å². The lowest BCUT2D eigenvalue weighted by Crippen LogP contribution is -2.27. The van der Waals surface area contributed by atoms with Crippen molar-refractivity contribution in [1.29, 1.82) is 0 Å². The van der Waals surface area contributed by atoms with Crippen LogP contribution in [0.15, 0.2) is 83.6 Å². The number of carboxylic acid groups (broad SMARTS) is 1. The fraction of sp³-hybridized carbons (Fsp3) is 0.436. The Balaban J connectivity index is 1.39. The van der Waals surface area contributed by atoms with Crippen LogP contribution >= 0.6 is 0 Å². The normalized spacial score (nSPS) is 20.7. The molecule has 2 heterocycles. The molecular weight excluding hydrogens is 528 g/mol. The summed E-state index contributed by atoms with van der Waals surface area (Å²) in [5.41, 5.74) is 13.2. The number of hydrogen-bond acceptors (Lipinski definition) is 3. The van der Waals surface area contributed by atoms with Gasteiger partial charge in [0.1, 0.15) is 7.05 Å². The Morgan fingerprint density at radius 2 is 1.63 bits per heavy atom. The Bertz CT molecular complexity index is 1580. The van der Waals surface area contributed by atoms with E-state index in [2.05, 4.69) is 125 Å². The average molecular weight is 577 g/mol. The molecule has 0 bridgehead atoms. The number of hydrogen-bond donors (Lipinski definition) is 0. The van der Waals surface area contributed by atoms with Crippen LogP contribution in [0, 0.1) is 13.8 Å². The first-order valence-electron chi connectivity index (χ1n) is 16.0. The van der Waals surface area contributed by atoms with Crippen LogP contribution in [0.2, 0.25) is 0 Å². The monoisotopic (exact) mass is 576 g/mol. The van der Waals surface area contributed by atoms with Crippen LogP contribution in [0.1, 0.15) is 94.9 Å². The van der Waals surface area contributed by atoms with E-state index in [0.29, 0.717) is 6.42 Å². The van der Waals surface area contributed by atoms with Crippen LogP contribution in [0.3, 0.4) is 0 Å². The van der Waals surface area contributed by atoms with Gasteiger partial charge >= 0.3 is 0 Å². The fourth-order valence-electron chi connectivity index (χ4n) is 7.21. The van der Waals surface area contributed by atoms with E-state index < -0.39 is 5.97 Å². The van der Waals surface area contributed by atoms with Gasteiger partial charge in [0.05, 0.1) is 5.41 Å². The molecule has 2 aliphatic heterocycles. The third kappa shape index (κ3) is 6.20. The minimum atomic E-state index is -0.956. The molecule has 0 N–H and O–H groups in total. The van der Waals surface area contributed by atoms with E-state index >= 15 is 0 Å². The van der Waals surface area contributed by atoms with Crippen molar-refractivity contribution in [1.82, 2.24) is 0 Å². The van der Waals surface area contributed by atoms with Crippen molar-refractivity contribution in [3.63, 3.8) is 0 Å². The first-order chi connectivity index (χ1) is 20.4. The zero-order chi connectivity index (χ0) is 30.9. The number of benzene rings is 2. The zero-order valence-corrected chi connectivity index (χ0v) is 27.2. The van der Waals surface area contributed by atoms with E-state index in [-0.39, 0.29) is 17.3 Å². The molecule has 2 aromatic rings. The molecule has 0 saturated carbocycles. The number of aliphatic carboxylic acids is 1. The highest BCUT2D eigenvalue weighted by Crippen LogP contribution is 2.48. The standard InChI is InChI=1S/C39H48N2O2/c1-27-15-19-33-31(24-27)38(3,4)35(40(33)7)21-17-29-12-11-13-30(26-29)18-22-36-39(5,6)32-25-28(2)16-20-34(32)41(36)23-10-8-9-14-37(42)43/h15-22,24-26H,8-14,23H2,1-7H3. The number of aryl methyl sites for hydroxylation is 2. The molecule has 226 valence electrons. The van der Waals surface area contributed by atoms with E-state index in [1.165, 1.54) is 56.2 Å². The van der Waals surface area contributed by atoms with E-state index in [1.54, 1.807) is 0 Å². The number of unbranched alkanes of at least 4 members (excludes halogenated alkanes) is 2. The van der Waals surface area contributed by atoms with Crippen molar-refractivity contribution in [3.8, 4) is 0 Å². The first kappa shape index (κ1) is 30.8. The highest BCUT2D eigenvalue weighted by molar-refractivity contribution is 6.03. The van der Waals surface area contributed by atoms with Gasteiger partial charge in [-0.15, -0.1) is 0 Å². The maximum Gasteiger partial charge on any atom is 0.209 e. The lowest BCUT2D eigenvalue weighted by atomic mass is 9.80. The molecule has 2 aromatic carbocycles. The summed E-state index contributed by atoms with van der Waals surface area (Å²) >= 11 is 0. The molecule has 4 heteroatoms. The SMILES string of the molecule is Cc1ccc2c(c1)C(C)(C)C(=CC=C1C=C(C=CC3=[N+](C)c4ccc(C)cc4C3(C)C)CCC1)N2CCCCCC(=O)[O-]. The van der Waals surface area contributed by atoms with Gasteiger partial charge in [-0.1, -0.05) is 67.8 Å². The highest BCUT2D eigenvalue weighted by Gasteiger charge is 2.43. The van der Waals surface area contributed by atoms with Crippen molar-refractivity contribution in [2.24, 2.45) is 0 Å². The average Bonchev–Trinajstić information content (AvgIpc) is 3.27. The van der Waals surface area contributed by atoms with Crippen LogP contribution in [0.5, 0.6) is 0 Å². The Labute approximate surface area is 258 Å². The van der Waals surface area contributed by atoms with Crippen molar-refractivity contribution >= 4 is 23.1 Å². The van der Waals surface area contributed by atoms with Crippen molar-refractivity contribution < 1.29 is 14.5 Å². The van der Waals surface area contributed by atoms with Gasteiger partial charge in [0.15, 0.2) is 5.71 Å². The molecule has 5 rings (SSSR count). The van der Waals surface area contributed by atoms with Gasteiger partial charge in [-0.2, -0.15) is 4.58 Å². The van der Waals surface area contributed by atoms with Gasteiger partial charge in [0.2, 0.25) is 5.69 Å². The van der Waals surface area contributed by atoms with Crippen molar-refractivity contribution in [2.75, 3.05) is 18.5 Å². The zero-order valence-electron chi connectivity index (χ0n) is 27.2. The second-order valence-corrected chi connectivity index (χ2v) is 13.8. The van der Waals surface area contributed by atoms with Crippen LogP contribution in [0.4, 0.5) is 11.4 Å². The summed E-state index contributed by atoms with van der Waals surface area (Å²) in [5.74, 6) is -0.956. The maximum absolute atomic E-state index is 10.9. The van der Waals surface area contributed by atoms with Gasteiger partial charge in [-0.3, -0.25) is 0 Å². The lowest BCUT2D eigenvalue weighted by Gasteiger charge is -2.27. The Morgan fingerprint density at radius 3 is 2.37 bits per heavy atom. The summed E-state index contributed by atoms with van der Waals surface area (Å²) in [7, 11) is 2.19. The number of carbonyl (C=O) groups excluding carboxylic acids is 1. The predicted molar refractivity (Wildman–Crippen MR) is 177 cm³/mol. The largest absolute Gasteiger partial charge is 0.550 e. The number of carbonyl (C=O) groups is 1. The molecular formula is C39H48N2O2. The lowest BCUT2D eigenvalue weighted by molar-refractivity contribution is -0.401. The summed E-state index contributed by atoms with van der Waals surface area (Å²) in [5, 5.41) is 10.9. The molecule has 1 aliphatic carbocycles. The second kappa shape index (κ2) is 12.1. The third-order valence-corrected chi connectivity index (χ3v) is 9.71. The van der Waals surface area contributed by atoms with Gasteiger partial charge < -0.3 is 14.8 Å².